The minimum Gasteiger partial charge on any atom is -0.491 e. The van der Waals surface area contributed by atoms with E-state index in [1.165, 1.54) is 12.1 Å². The lowest BCUT2D eigenvalue weighted by atomic mass is 10.1. The van der Waals surface area contributed by atoms with Gasteiger partial charge < -0.3 is 21.1 Å². The molecule has 0 heterocycles. The third-order valence-electron chi connectivity index (χ3n) is 3.03. The van der Waals surface area contributed by atoms with Gasteiger partial charge in [0.1, 0.15) is 11.6 Å². The third kappa shape index (κ3) is 6.23. The van der Waals surface area contributed by atoms with Crippen molar-refractivity contribution < 1.29 is 18.7 Å². The number of rotatable bonds is 7. The Morgan fingerprint density at radius 1 is 1.26 bits per heavy atom. The molecule has 0 aliphatic rings. The van der Waals surface area contributed by atoms with Crippen LogP contribution in [0.2, 0.25) is 0 Å². The summed E-state index contributed by atoms with van der Waals surface area (Å²) in [6, 6.07) is 3.48. The Morgan fingerprint density at radius 3 is 2.43 bits per heavy atom. The number of benzene rings is 1. The summed E-state index contributed by atoms with van der Waals surface area (Å²) >= 11 is 0. The fourth-order valence-corrected chi connectivity index (χ4v) is 1.73. The minimum absolute atomic E-state index is 0.0218. The average molecular weight is 325 g/mol. The molecule has 0 aromatic heterocycles. The van der Waals surface area contributed by atoms with Gasteiger partial charge in [0, 0.05) is 6.07 Å². The van der Waals surface area contributed by atoms with Crippen LogP contribution in [0.3, 0.4) is 0 Å². The van der Waals surface area contributed by atoms with Gasteiger partial charge in [0.25, 0.3) is 0 Å². The molecule has 0 fully saturated rings. The van der Waals surface area contributed by atoms with Crippen LogP contribution in [0.1, 0.15) is 27.7 Å². The van der Waals surface area contributed by atoms with E-state index >= 15 is 0 Å². The first-order valence-electron chi connectivity index (χ1n) is 7.50. The maximum absolute atomic E-state index is 13.9. The molecule has 128 valence electrons. The molecular weight excluding hydrogens is 301 g/mol. The smallest absolute Gasteiger partial charge is 0.243 e. The van der Waals surface area contributed by atoms with Gasteiger partial charge in [0.2, 0.25) is 11.8 Å². The molecule has 0 aliphatic heterocycles. The summed E-state index contributed by atoms with van der Waals surface area (Å²) in [5.41, 5.74) is 5.68. The number of nitrogens with two attached hydrogens (primary N) is 1. The maximum Gasteiger partial charge on any atom is 0.243 e. The molecule has 0 aliphatic carbocycles. The van der Waals surface area contributed by atoms with Crippen molar-refractivity contribution in [2.24, 2.45) is 11.7 Å². The number of carbonyl (C=O) groups excluding carboxylic acids is 2. The van der Waals surface area contributed by atoms with E-state index in [0.717, 1.165) is 0 Å². The average Bonchev–Trinajstić information content (AvgIpc) is 2.46. The molecule has 2 amide bonds. The Labute approximate surface area is 135 Å². The van der Waals surface area contributed by atoms with E-state index in [-0.39, 0.29) is 24.3 Å². The predicted molar refractivity (Wildman–Crippen MR) is 86.6 cm³/mol. The molecule has 1 aromatic carbocycles. The van der Waals surface area contributed by atoms with Gasteiger partial charge in [-0.05, 0) is 31.9 Å². The van der Waals surface area contributed by atoms with Gasteiger partial charge in [-0.3, -0.25) is 9.59 Å². The van der Waals surface area contributed by atoms with Crippen LogP contribution in [-0.2, 0) is 9.59 Å². The maximum atomic E-state index is 13.9. The molecule has 0 saturated heterocycles. The minimum atomic E-state index is -0.688. The number of ether oxygens (including phenoxy) is 1. The van der Waals surface area contributed by atoms with Crippen LogP contribution < -0.4 is 21.1 Å². The fraction of sp³-hybridized carbons (Fsp3) is 0.500. The zero-order chi connectivity index (χ0) is 17.6. The van der Waals surface area contributed by atoms with E-state index in [0.29, 0.717) is 5.75 Å². The number of hydrogen-bond donors (Lipinski definition) is 3. The molecular formula is C16H24FN3O3. The van der Waals surface area contributed by atoms with Crippen molar-refractivity contribution in [1.29, 1.82) is 0 Å². The number of nitrogens with one attached hydrogen (secondary N) is 2. The lowest BCUT2D eigenvalue weighted by Crippen LogP contribution is -2.46. The van der Waals surface area contributed by atoms with E-state index in [1.807, 2.05) is 13.8 Å². The van der Waals surface area contributed by atoms with Crippen LogP contribution in [0.15, 0.2) is 18.2 Å². The first-order valence-corrected chi connectivity index (χ1v) is 7.50. The summed E-state index contributed by atoms with van der Waals surface area (Å²) in [5.74, 6) is -1.22. The second kappa shape index (κ2) is 8.47. The second-order valence-corrected chi connectivity index (χ2v) is 5.84. The van der Waals surface area contributed by atoms with E-state index in [1.54, 1.807) is 19.9 Å². The molecule has 7 heteroatoms. The van der Waals surface area contributed by atoms with Gasteiger partial charge in [0.05, 0.1) is 24.4 Å². The van der Waals surface area contributed by atoms with Crippen LogP contribution in [0, 0.1) is 11.7 Å². The third-order valence-corrected chi connectivity index (χ3v) is 3.03. The molecule has 0 spiro atoms. The number of anilines is 1. The summed E-state index contributed by atoms with van der Waals surface area (Å²) in [6.07, 6.45) is -0.0739. The Bertz CT molecular complexity index is 562. The molecule has 6 nitrogen and oxygen atoms in total. The molecule has 0 unspecified atom stereocenters. The number of halogens is 1. The summed E-state index contributed by atoms with van der Waals surface area (Å²) in [6.45, 7) is 7.00. The highest BCUT2D eigenvalue weighted by Gasteiger charge is 2.18. The van der Waals surface area contributed by atoms with Crippen molar-refractivity contribution in [1.82, 2.24) is 5.32 Å². The molecule has 0 radical (unpaired) electrons. The predicted octanol–water partition coefficient (Wildman–Crippen LogP) is 1.65. The molecule has 4 N–H and O–H groups in total. The van der Waals surface area contributed by atoms with Crippen molar-refractivity contribution in [2.45, 2.75) is 39.8 Å². The quantitative estimate of drug-likeness (QED) is 0.710. The Balaban J connectivity index is 2.56. The van der Waals surface area contributed by atoms with Gasteiger partial charge in [-0.1, -0.05) is 13.8 Å². The summed E-state index contributed by atoms with van der Waals surface area (Å²) in [5, 5.41) is 4.81. The van der Waals surface area contributed by atoms with Crippen molar-refractivity contribution in [2.75, 3.05) is 11.9 Å². The molecule has 0 saturated carbocycles. The van der Waals surface area contributed by atoms with Crippen LogP contribution >= 0.6 is 0 Å². The summed E-state index contributed by atoms with van der Waals surface area (Å²) < 4.78 is 19.3. The number of amides is 2. The van der Waals surface area contributed by atoms with Gasteiger partial charge in [-0.15, -0.1) is 0 Å². The first kappa shape index (κ1) is 18.9. The monoisotopic (exact) mass is 325 g/mol. The zero-order valence-corrected chi connectivity index (χ0v) is 13.9. The Kier molecular flexibility index (Phi) is 6.96. The molecule has 1 aromatic rings. The zero-order valence-electron chi connectivity index (χ0n) is 13.9. The molecule has 1 atom stereocenters. The largest absolute Gasteiger partial charge is 0.491 e. The van der Waals surface area contributed by atoms with Crippen molar-refractivity contribution in [3.8, 4) is 5.75 Å². The lowest BCUT2D eigenvalue weighted by molar-refractivity contribution is -0.125. The van der Waals surface area contributed by atoms with Gasteiger partial charge in [-0.2, -0.15) is 0 Å². The number of carbonyl (C=O) groups is 2. The summed E-state index contributed by atoms with van der Waals surface area (Å²) in [4.78, 5) is 23.4. The van der Waals surface area contributed by atoms with Crippen molar-refractivity contribution in [3.05, 3.63) is 24.0 Å². The van der Waals surface area contributed by atoms with Crippen LogP contribution in [0.25, 0.3) is 0 Å². The van der Waals surface area contributed by atoms with Crippen molar-refractivity contribution >= 4 is 17.5 Å². The SMILES string of the molecule is CC(C)Oc1ccc(NC(=O)CNC(=O)[C@@H](N)C(C)C)c(F)c1. The normalized spacial score (nSPS) is 12.2. The summed E-state index contributed by atoms with van der Waals surface area (Å²) in [7, 11) is 0. The van der Waals surface area contributed by atoms with Gasteiger partial charge >= 0.3 is 0 Å². The van der Waals surface area contributed by atoms with Crippen LogP contribution in [0.5, 0.6) is 5.75 Å². The first-order chi connectivity index (χ1) is 10.7. The Hall–Kier alpha value is -2.15. The van der Waals surface area contributed by atoms with E-state index in [2.05, 4.69) is 10.6 Å². The molecule has 0 bridgehead atoms. The van der Waals surface area contributed by atoms with Crippen LogP contribution in [0.4, 0.5) is 10.1 Å². The topological polar surface area (TPSA) is 93.5 Å². The number of hydrogen-bond acceptors (Lipinski definition) is 4. The molecule has 23 heavy (non-hydrogen) atoms. The second-order valence-electron chi connectivity index (χ2n) is 5.84. The fourth-order valence-electron chi connectivity index (χ4n) is 1.73. The highest BCUT2D eigenvalue weighted by Crippen LogP contribution is 2.21. The van der Waals surface area contributed by atoms with Crippen molar-refractivity contribution in [3.63, 3.8) is 0 Å². The highest BCUT2D eigenvalue weighted by molar-refractivity contribution is 5.95. The Morgan fingerprint density at radius 2 is 1.91 bits per heavy atom. The van der Waals surface area contributed by atoms with E-state index < -0.39 is 23.7 Å². The highest BCUT2D eigenvalue weighted by atomic mass is 19.1. The van der Waals surface area contributed by atoms with Crippen LogP contribution in [-0.4, -0.2) is 30.5 Å². The standard InChI is InChI=1S/C16H24FN3O3/c1-9(2)15(18)16(22)19-8-14(21)20-13-6-5-11(7-12(13)17)23-10(3)4/h5-7,9-10,15H,8,18H2,1-4H3,(H,19,22)(H,20,21)/t15-/m0/s1. The molecule has 1 rings (SSSR count). The van der Waals surface area contributed by atoms with Gasteiger partial charge in [0.15, 0.2) is 0 Å². The van der Waals surface area contributed by atoms with E-state index in [4.69, 9.17) is 10.5 Å². The van der Waals surface area contributed by atoms with Gasteiger partial charge in [-0.25, -0.2) is 4.39 Å². The van der Waals surface area contributed by atoms with E-state index in [9.17, 15) is 14.0 Å². The lowest BCUT2D eigenvalue weighted by Gasteiger charge is -2.15.